The Balaban J connectivity index is 1.66. The first-order valence-corrected chi connectivity index (χ1v) is 8.54. The number of likely N-dealkylation sites (tertiary alicyclic amines) is 1. The molecule has 24 heavy (non-hydrogen) atoms. The number of hydrogen-bond donors (Lipinski definition) is 0. The van der Waals surface area contributed by atoms with Gasteiger partial charge in [0.2, 0.25) is 5.91 Å². The van der Waals surface area contributed by atoms with Gasteiger partial charge in [0.05, 0.1) is 18.8 Å². The van der Waals surface area contributed by atoms with Crippen LogP contribution in [0.15, 0.2) is 47.1 Å². The predicted molar refractivity (Wildman–Crippen MR) is 92.8 cm³/mol. The summed E-state index contributed by atoms with van der Waals surface area (Å²) in [6, 6.07) is 12.2. The number of methoxy groups -OCH3 is 1. The average Bonchev–Trinajstić information content (AvgIpc) is 3.08. The molecule has 0 radical (unpaired) electrons. The van der Waals surface area contributed by atoms with Gasteiger partial charge in [0, 0.05) is 26.1 Å². The number of rotatable bonds is 5. The fourth-order valence-corrected chi connectivity index (χ4v) is 3.56. The van der Waals surface area contributed by atoms with Crippen molar-refractivity contribution in [3.8, 4) is 0 Å². The van der Waals surface area contributed by atoms with Gasteiger partial charge in [-0.3, -0.25) is 4.79 Å². The molecule has 1 saturated heterocycles. The summed E-state index contributed by atoms with van der Waals surface area (Å²) >= 11 is 0. The number of carbonyl (C=O) groups excluding carboxylic acids is 1. The minimum Gasteiger partial charge on any atom is -0.469 e. The van der Waals surface area contributed by atoms with Gasteiger partial charge in [0.15, 0.2) is 0 Å². The smallest absolute Gasteiger partial charge is 0.230 e. The minimum absolute atomic E-state index is 0.133. The van der Waals surface area contributed by atoms with Crippen LogP contribution in [0.25, 0.3) is 0 Å². The molecule has 1 aliphatic heterocycles. The van der Waals surface area contributed by atoms with E-state index in [0.717, 1.165) is 31.7 Å². The third kappa shape index (κ3) is 4.06. The molecule has 0 aliphatic carbocycles. The van der Waals surface area contributed by atoms with Gasteiger partial charge in [-0.05, 0) is 37.5 Å². The van der Waals surface area contributed by atoms with E-state index >= 15 is 0 Å². The number of ether oxygens (including phenoxy) is 1. The lowest BCUT2D eigenvalue weighted by molar-refractivity contribution is -0.135. The van der Waals surface area contributed by atoms with Crippen LogP contribution in [0.5, 0.6) is 0 Å². The standard InChI is InChI=1S/C20H25NO3/c1-15-5-3-6-16(11-15)12-17-14-21(9-8-19(17)23-2)20(22)13-18-7-4-10-24-18/h3-7,10-11,17,19H,8-9,12-14H2,1-2H3/t17-,19+/m0/s1. The molecule has 4 heteroatoms. The molecule has 2 heterocycles. The summed E-state index contributed by atoms with van der Waals surface area (Å²) in [4.78, 5) is 14.5. The summed E-state index contributed by atoms with van der Waals surface area (Å²) in [5.41, 5.74) is 2.57. The van der Waals surface area contributed by atoms with Gasteiger partial charge in [-0.2, -0.15) is 0 Å². The van der Waals surface area contributed by atoms with E-state index in [4.69, 9.17) is 9.15 Å². The Morgan fingerprint density at radius 2 is 2.21 bits per heavy atom. The summed E-state index contributed by atoms with van der Waals surface area (Å²) in [5, 5.41) is 0. The zero-order chi connectivity index (χ0) is 16.9. The first-order chi connectivity index (χ1) is 11.7. The fourth-order valence-electron chi connectivity index (χ4n) is 3.56. The van der Waals surface area contributed by atoms with Gasteiger partial charge in [0.1, 0.15) is 5.76 Å². The molecule has 1 aromatic heterocycles. The summed E-state index contributed by atoms with van der Waals surface area (Å²) in [6.07, 6.45) is 3.97. The molecule has 128 valence electrons. The molecule has 0 N–H and O–H groups in total. The van der Waals surface area contributed by atoms with Crippen LogP contribution in [0.1, 0.15) is 23.3 Å². The zero-order valence-corrected chi connectivity index (χ0v) is 14.4. The molecule has 3 rings (SSSR count). The van der Waals surface area contributed by atoms with Crippen molar-refractivity contribution in [2.45, 2.75) is 32.3 Å². The Hall–Kier alpha value is -2.07. The number of furan rings is 1. The molecule has 0 spiro atoms. The SMILES string of the molecule is CO[C@@H]1CCN(C(=O)Cc2ccco2)C[C@@H]1Cc1cccc(C)c1. The highest BCUT2D eigenvalue weighted by molar-refractivity contribution is 5.78. The number of benzene rings is 1. The van der Waals surface area contributed by atoms with Crippen molar-refractivity contribution in [2.24, 2.45) is 5.92 Å². The molecule has 1 amide bonds. The van der Waals surface area contributed by atoms with Gasteiger partial charge in [-0.15, -0.1) is 0 Å². The first kappa shape index (κ1) is 16.8. The van der Waals surface area contributed by atoms with E-state index in [2.05, 4.69) is 31.2 Å². The Labute approximate surface area is 143 Å². The highest BCUT2D eigenvalue weighted by Gasteiger charge is 2.31. The Morgan fingerprint density at radius 3 is 2.92 bits per heavy atom. The molecule has 1 aliphatic rings. The summed E-state index contributed by atoms with van der Waals surface area (Å²) in [6.45, 7) is 3.60. The lowest BCUT2D eigenvalue weighted by Crippen LogP contribution is -2.47. The van der Waals surface area contributed by atoms with Crippen LogP contribution in [-0.4, -0.2) is 37.1 Å². The van der Waals surface area contributed by atoms with Crippen LogP contribution >= 0.6 is 0 Å². The molecule has 4 nitrogen and oxygen atoms in total. The van der Waals surface area contributed by atoms with Crippen molar-refractivity contribution < 1.29 is 13.9 Å². The Bertz CT molecular complexity index is 665. The van der Waals surface area contributed by atoms with Crippen molar-refractivity contribution in [1.29, 1.82) is 0 Å². The van der Waals surface area contributed by atoms with Crippen molar-refractivity contribution in [3.05, 3.63) is 59.5 Å². The van der Waals surface area contributed by atoms with Crippen molar-refractivity contribution in [1.82, 2.24) is 4.90 Å². The molecule has 2 atom stereocenters. The third-order valence-corrected chi connectivity index (χ3v) is 4.81. The van der Waals surface area contributed by atoms with E-state index < -0.39 is 0 Å². The second kappa shape index (κ2) is 7.67. The van der Waals surface area contributed by atoms with Gasteiger partial charge in [0.25, 0.3) is 0 Å². The van der Waals surface area contributed by atoms with E-state index in [1.807, 2.05) is 17.0 Å². The monoisotopic (exact) mass is 327 g/mol. The topological polar surface area (TPSA) is 42.7 Å². The van der Waals surface area contributed by atoms with E-state index in [0.29, 0.717) is 12.3 Å². The van der Waals surface area contributed by atoms with Crippen LogP contribution in [0.3, 0.4) is 0 Å². The van der Waals surface area contributed by atoms with Gasteiger partial charge in [-0.25, -0.2) is 0 Å². The number of aryl methyl sites for hydroxylation is 1. The van der Waals surface area contributed by atoms with E-state index in [1.165, 1.54) is 11.1 Å². The van der Waals surface area contributed by atoms with E-state index in [1.54, 1.807) is 13.4 Å². The summed E-state index contributed by atoms with van der Waals surface area (Å²) in [7, 11) is 1.77. The second-order valence-electron chi connectivity index (χ2n) is 6.61. The van der Waals surface area contributed by atoms with Crippen LogP contribution in [0.4, 0.5) is 0 Å². The quantitative estimate of drug-likeness (QED) is 0.847. The fraction of sp³-hybridized carbons (Fsp3) is 0.450. The maximum absolute atomic E-state index is 12.5. The predicted octanol–water partition coefficient (Wildman–Crippen LogP) is 3.24. The largest absolute Gasteiger partial charge is 0.469 e. The maximum atomic E-state index is 12.5. The van der Waals surface area contributed by atoms with Crippen molar-refractivity contribution in [2.75, 3.05) is 20.2 Å². The Kier molecular flexibility index (Phi) is 5.36. The average molecular weight is 327 g/mol. The lowest BCUT2D eigenvalue weighted by atomic mass is 9.88. The highest BCUT2D eigenvalue weighted by Crippen LogP contribution is 2.24. The number of amides is 1. The molecule has 1 fully saturated rings. The normalized spacial score (nSPS) is 21.0. The van der Waals surface area contributed by atoms with E-state index in [9.17, 15) is 4.79 Å². The maximum Gasteiger partial charge on any atom is 0.230 e. The van der Waals surface area contributed by atoms with Crippen molar-refractivity contribution >= 4 is 5.91 Å². The molecule has 2 aromatic rings. The molecular formula is C20H25NO3. The van der Waals surface area contributed by atoms with Crippen LogP contribution < -0.4 is 0 Å². The molecule has 0 unspecified atom stereocenters. The van der Waals surface area contributed by atoms with E-state index in [-0.39, 0.29) is 12.0 Å². The van der Waals surface area contributed by atoms with Crippen molar-refractivity contribution in [3.63, 3.8) is 0 Å². The molecule has 0 saturated carbocycles. The molecule has 1 aromatic carbocycles. The van der Waals surface area contributed by atoms with Crippen LogP contribution in [0, 0.1) is 12.8 Å². The molecule has 0 bridgehead atoms. The third-order valence-electron chi connectivity index (χ3n) is 4.81. The van der Waals surface area contributed by atoms with Gasteiger partial charge in [-0.1, -0.05) is 29.8 Å². The van der Waals surface area contributed by atoms with Gasteiger partial charge < -0.3 is 14.1 Å². The number of hydrogen-bond acceptors (Lipinski definition) is 3. The molecular weight excluding hydrogens is 302 g/mol. The summed E-state index contributed by atoms with van der Waals surface area (Å²) in [5.74, 6) is 1.18. The van der Waals surface area contributed by atoms with Crippen LogP contribution in [-0.2, 0) is 22.4 Å². The summed E-state index contributed by atoms with van der Waals surface area (Å²) < 4.78 is 11.0. The lowest BCUT2D eigenvalue weighted by Gasteiger charge is -2.38. The second-order valence-corrected chi connectivity index (χ2v) is 6.61. The van der Waals surface area contributed by atoms with Crippen LogP contribution in [0.2, 0.25) is 0 Å². The van der Waals surface area contributed by atoms with Gasteiger partial charge >= 0.3 is 0 Å². The minimum atomic E-state index is 0.133. The number of piperidine rings is 1. The highest BCUT2D eigenvalue weighted by atomic mass is 16.5. The zero-order valence-electron chi connectivity index (χ0n) is 14.4. The number of nitrogens with zero attached hydrogens (tertiary/aromatic N) is 1. The number of carbonyl (C=O) groups is 1. The Morgan fingerprint density at radius 1 is 1.33 bits per heavy atom. The first-order valence-electron chi connectivity index (χ1n) is 8.54.